The molecule has 0 N–H and O–H groups in total. The summed E-state index contributed by atoms with van der Waals surface area (Å²) in [5.74, 6) is 0.282. The Balaban J connectivity index is 1.88. The molecule has 0 aliphatic rings. The van der Waals surface area contributed by atoms with Crippen molar-refractivity contribution >= 4 is 16.6 Å². The molecule has 4 aromatic rings. The molecule has 0 saturated carbocycles. The second-order valence-corrected chi connectivity index (χ2v) is 7.40. The van der Waals surface area contributed by atoms with Crippen molar-refractivity contribution < 1.29 is 26.3 Å². The van der Waals surface area contributed by atoms with Crippen LogP contribution in [0.1, 0.15) is 29.8 Å². The Labute approximate surface area is 189 Å². The van der Waals surface area contributed by atoms with Crippen LogP contribution in [0, 0.1) is 0 Å². The van der Waals surface area contributed by atoms with Crippen LogP contribution in [0.25, 0.3) is 22.4 Å². The van der Waals surface area contributed by atoms with Gasteiger partial charge in [0.25, 0.3) is 0 Å². The van der Waals surface area contributed by atoms with E-state index in [2.05, 4.69) is 24.9 Å². The molecular formula is C22H16F6N6. The molecule has 1 aromatic carbocycles. The maximum absolute atomic E-state index is 13.6. The highest BCUT2D eigenvalue weighted by atomic mass is 19.4. The summed E-state index contributed by atoms with van der Waals surface area (Å²) in [6.45, 7) is 1.70. The van der Waals surface area contributed by atoms with Gasteiger partial charge in [0.1, 0.15) is 5.69 Å². The zero-order valence-electron chi connectivity index (χ0n) is 17.7. The van der Waals surface area contributed by atoms with E-state index in [1.54, 1.807) is 13.0 Å². The molecule has 0 saturated heterocycles. The Morgan fingerprint density at radius 2 is 1.47 bits per heavy atom. The molecule has 12 heteroatoms. The molecular weight excluding hydrogens is 462 g/mol. The molecule has 0 bridgehead atoms. The van der Waals surface area contributed by atoms with E-state index in [1.165, 1.54) is 42.8 Å². The first-order valence-corrected chi connectivity index (χ1v) is 9.86. The zero-order valence-corrected chi connectivity index (χ0v) is 17.7. The summed E-state index contributed by atoms with van der Waals surface area (Å²) in [5, 5.41) is -0.291. The van der Waals surface area contributed by atoms with Gasteiger partial charge < -0.3 is 4.90 Å². The molecule has 0 fully saturated rings. The molecule has 0 aliphatic heterocycles. The number of halogens is 6. The maximum atomic E-state index is 13.6. The van der Waals surface area contributed by atoms with Crippen LogP contribution in [-0.4, -0.2) is 32.0 Å². The molecule has 0 amide bonds. The fourth-order valence-electron chi connectivity index (χ4n) is 3.57. The molecule has 176 valence electrons. The Bertz CT molecular complexity index is 1320. The summed E-state index contributed by atoms with van der Waals surface area (Å²) in [4.78, 5) is 22.2. The van der Waals surface area contributed by atoms with Crippen LogP contribution >= 0.6 is 0 Å². The van der Waals surface area contributed by atoms with Crippen molar-refractivity contribution in [2.45, 2.75) is 25.3 Å². The first-order valence-electron chi connectivity index (χ1n) is 9.86. The number of rotatable bonds is 4. The van der Waals surface area contributed by atoms with Gasteiger partial charge in [0.15, 0.2) is 5.82 Å². The molecule has 3 heterocycles. The zero-order chi connectivity index (χ0) is 24.7. The van der Waals surface area contributed by atoms with Crippen molar-refractivity contribution in [3.05, 3.63) is 72.1 Å². The fourth-order valence-corrected chi connectivity index (χ4v) is 3.57. The second kappa shape index (κ2) is 8.50. The van der Waals surface area contributed by atoms with Crippen LogP contribution in [0.3, 0.4) is 0 Å². The number of nitrogens with zero attached hydrogens (tertiary/aromatic N) is 6. The van der Waals surface area contributed by atoms with Crippen molar-refractivity contribution in [1.82, 2.24) is 24.9 Å². The predicted octanol–water partition coefficient (Wildman–Crippen LogP) is 5.72. The van der Waals surface area contributed by atoms with E-state index >= 15 is 0 Å². The highest BCUT2D eigenvalue weighted by Gasteiger charge is 2.39. The highest BCUT2D eigenvalue weighted by molar-refractivity contribution is 5.94. The molecule has 4 rings (SSSR count). The van der Waals surface area contributed by atoms with Crippen LogP contribution in [0.5, 0.6) is 0 Å². The summed E-state index contributed by atoms with van der Waals surface area (Å²) in [7, 11) is 1.54. The minimum absolute atomic E-state index is 0.0794. The first kappa shape index (κ1) is 23.3. The largest absolute Gasteiger partial charge is 0.418 e. The van der Waals surface area contributed by atoms with Gasteiger partial charge in [-0.15, -0.1) is 0 Å². The fraction of sp³-hybridized carbons (Fsp3) is 0.227. The average molecular weight is 478 g/mol. The van der Waals surface area contributed by atoms with Crippen molar-refractivity contribution in [3.63, 3.8) is 0 Å². The summed E-state index contributed by atoms with van der Waals surface area (Å²) in [6, 6.07) is 3.11. The minimum atomic E-state index is -5.03. The Morgan fingerprint density at radius 1 is 0.794 bits per heavy atom. The lowest BCUT2D eigenvalue weighted by molar-refractivity contribution is -0.142. The molecule has 1 atom stereocenters. The SMILES string of the molecule is CC(c1nccnc1-c1ncccn1)N(C)c1ccnc2c(C(F)(F)F)cc(C(F)(F)F)cc12. The summed E-state index contributed by atoms with van der Waals surface area (Å²) >= 11 is 0. The molecule has 0 spiro atoms. The molecule has 3 aromatic heterocycles. The molecule has 1 unspecified atom stereocenters. The van der Waals surface area contributed by atoms with E-state index in [0.717, 1.165) is 6.20 Å². The standard InChI is InChI=1S/C22H16F6N6/c1-12(17-19(31-9-8-30-17)20-32-5-3-6-33-20)34(2)16-4-7-29-18-14(16)10-13(21(23,24)25)11-15(18)22(26,27)28/h3-12H,1-2H3. The lowest BCUT2D eigenvalue weighted by atomic mass is 10.0. The van der Waals surface area contributed by atoms with E-state index in [4.69, 9.17) is 0 Å². The maximum Gasteiger partial charge on any atom is 0.418 e. The van der Waals surface area contributed by atoms with Gasteiger partial charge in [-0.3, -0.25) is 9.97 Å². The topological polar surface area (TPSA) is 67.7 Å². The lowest BCUT2D eigenvalue weighted by Gasteiger charge is -2.29. The van der Waals surface area contributed by atoms with E-state index < -0.39 is 35.0 Å². The number of anilines is 1. The summed E-state index contributed by atoms with van der Waals surface area (Å²) in [6.07, 6.45) is -2.98. The first-order chi connectivity index (χ1) is 16.0. The Hall–Kier alpha value is -3.83. The number of alkyl halides is 6. The van der Waals surface area contributed by atoms with Gasteiger partial charge in [0, 0.05) is 49.1 Å². The summed E-state index contributed by atoms with van der Waals surface area (Å²) in [5.41, 5.74) is -2.61. The van der Waals surface area contributed by atoms with Crippen LogP contribution in [-0.2, 0) is 12.4 Å². The van der Waals surface area contributed by atoms with Gasteiger partial charge >= 0.3 is 12.4 Å². The highest BCUT2D eigenvalue weighted by Crippen LogP contribution is 2.42. The second-order valence-electron chi connectivity index (χ2n) is 7.40. The quantitative estimate of drug-likeness (QED) is 0.350. The predicted molar refractivity (Wildman–Crippen MR) is 112 cm³/mol. The third-order valence-corrected chi connectivity index (χ3v) is 5.32. The van der Waals surface area contributed by atoms with Crippen molar-refractivity contribution in [2.75, 3.05) is 11.9 Å². The van der Waals surface area contributed by atoms with Crippen LogP contribution in [0.15, 0.2) is 55.2 Å². The number of fused-ring (bicyclic) bond motifs is 1. The normalized spacial score (nSPS) is 13.2. The Morgan fingerprint density at radius 3 is 2.12 bits per heavy atom. The van der Waals surface area contributed by atoms with Gasteiger partial charge in [0.2, 0.25) is 0 Å². The molecule has 34 heavy (non-hydrogen) atoms. The van der Waals surface area contributed by atoms with Gasteiger partial charge in [-0.1, -0.05) is 0 Å². The molecule has 0 aliphatic carbocycles. The summed E-state index contributed by atoms with van der Waals surface area (Å²) < 4.78 is 81.2. The minimum Gasteiger partial charge on any atom is -0.366 e. The molecule has 0 radical (unpaired) electrons. The number of hydrogen-bond donors (Lipinski definition) is 0. The number of benzene rings is 1. The van der Waals surface area contributed by atoms with E-state index in [1.807, 2.05) is 0 Å². The van der Waals surface area contributed by atoms with E-state index in [-0.39, 0.29) is 23.0 Å². The van der Waals surface area contributed by atoms with E-state index in [0.29, 0.717) is 17.5 Å². The van der Waals surface area contributed by atoms with Crippen molar-refractivity contribution in [3.8, 4) is 11.5 Å². The van der Waals surface area contributed by atoms with Gasteiger partial charge in [-0.05, 0) is 31.2 Å². The van der Waals surface area contributed by atoms with E-state index in [9.17, 15) is 26.3 Å². The third-order valence-electron chi connectivity index (χ3n) is 5.32. The van der Waals surface area contributed by atoms with Crippen LogP contribution < -0.4 is 4.90 Å². The van der Waals surface area contributed by atoms with Crippen LogP contribution in [0.4, 0.5) is 32.0 Å². The average Bonchev–Trinajstić information content (AvgIpc) is 2.81. The lowest BCUT2D eigenvalue weighted by Crippen LogP contribution is -2.24. The number of hydrogen-bond acceptors (Lipinski definition) is 6. The number of pyridine rings is 1. The smallest absolute Gasteiger partial charge is 0.366 e. The van der Waals surface area contributed by atoms with Gasteiger partial charge in [0.05, 0.1) is 28.4 Å². The van der Waals surface area contributed by atoms with Crippen molar-refractivity contribution in [1.29, 1.82) is 0 Å². The van der Waals surface area contributed by atoms with Gasteiger partial charge in [-0.25, -0.2) is 15.0 Å². The third kappa shape index (κ3) is 4.35. The van der Waals surface area contributed by atoms with Gasteiger partial charge in [-0.2, -0.15) is 26.3 Å². The molecule has 6 nitrogen and oxygen atoms in total. The monoisotopic (exact) mass is 478 g/mol. The Kier molecular flexibility index (Phi) is 5.84. The van der Waals surface area contributed by atoms with Crippen LogP contribution in [0.2, 0.25) is 0 Å². The van der Waals surface area contributed by atoms with Crippen molar-refractivity contribution in [2.24, 2.45) is 0 Å². The number of aromatic nitrogens is 5.